The summed E-state index contributed by atoms with van der Waals surface area (Å²) in [4.78, 5) is 0. The predicted molar refractivity (Wildman–Crippen MR) is 80.0 cm³/mol. The normalized spacial score (nSPS) is 11.6. The van der Waals surface area contributed by atoms with Crippen LogP contribution in [0.4, 0.5) is 0 Å². The van der Waals surface area contributed by atoms with Crippen LogP contribution in [0.3, 0.4) is 0 Å². The molecular formula is C14H17NO2S2. The summed E-state index contributed by atoms with van der Waals surface area (Å²) < 4.78 is 26.3. The lowest BCUT2D eigenvalue weighted by Gasteiger charge is -2.06. The molecule has 2 aromatic rings. The van der Waals surface area contributed by atoms with E-state index in [0.29, 0.717) is 13.0 Å². The van der Waals surface area contributed by atoms with Crippen molar-refractivity contribution in [2.45, 2.75) is 12.8 Å². The molecule has 2 rings (SSSR count). The van der Waals surface area contributed by atoms with Gasteiger partial charge in [-0.1, -0.05) is 30.3 Å². The van der Waals surface area contributed by atoms with Gasteiger partial charge < -0.3 is 0 Å². The predicted octanol–water partition coefficient (Wildman–Crippen LogP) is 2.45. The first kappa shape index (κ1) is 14.2. The lowest BCUT2D eigenvalue weighted by Crippen LogP contribution is -2.29. The SMILES string of the molecule is O=S(=O)(CCc1ccccc1)NCCc1ccsc1. The molecular weight excluding hydrogens is 278 g/mol. The smallest absolute Gasteiger partial charge is 0.211 e. The molecule has 0 fully saturated rings. The molecule has 0 saturated heterocycles. The molecule has 0 atom stereocenters. The molecule has 0 amide bonds. The molecule has 0 saturated carbocycles. The minimum atomic E-state index is -3.18. The highest BCUT2D eigenvalue weighted by atomic mass is 32.2. The van der Waals surface area contributed by atoms with Gasteiger partial charge in [0, 0.05) is 6.54 Å². The third-order valence-corrected chi connectivity index (χ3v) is 4.94. The van der Waals surface area contributed by atoms with Crippen molar-refractivity contribution < 1.29 is 8.42 Å². The number of sulfonamides is 1. The van der Waals surface area contributed by atoms with Crippen LogP contribution in [0.25, 0.3) is 0 Å². The molecule has 0 spiro atoms. The Kier molecular flexibility index (Phi) is 5.13. The van der Waals surface area contributed by atoms with Crippen LogP contribution in [0.5, 0.6) is 0 Å². The van der Waals surface area contributed by atoms with Crippen LogP contribution in [0.1, 0.15) is 11.1 Å². The van der Waals surface area contributed by atoms with E-state index in [4.69, 9.17) is 0 Å². The zero-order valence-electron chi connectivity index (χ0n) is 10.6. The van der Waals surface area contributed by atoms with Gasteiger partial charge in [0.1, 0.15) is 0 Å². The van der Waals surface area contributed by atoms with Gasteiger partial charge in [0.05, 0.1) is 5.75 Å². The van der Waals surface area contributed by atoms with E-state index >= 15 is 0 Å². The van der Waals surface area contributed by atoms with Crippen LogP contribution in [-0.4, -0.2) is 20.7 Å². The van der Waals surface area contributed by atoms with Crippen LogP contribution in [-0.2, 0) is 22.9 Å². The van der Waals surface area contributed by atoms with E-state index in [1.165, 1.54) is 5.56 Å². The topological polar surface area (TPSA) is 46.2 Å². The summed E-state index contributed by atoms with van der Waals surface area (Å²) in [5.41, 5.74) is 2.22. The Labute approximate surface area is 118 Å². The zero-order chi connectivity index (χ0) is 13.6. The number of rotatable bonds is 7. The minimum Gasteiger partial charge on any atom is -0.215 e. The molecule has 0 aliphatic carbocycles. The van der Waals surface area contributed by atoms with Crippen LogP contribution >= 0.6 is 11.3 Å². The number of thiophene rings is 1. The van der Waals surface area contributed by atoms with Crippen LogP contribution in [0, 0.1) is 0 Å². The van der Waals surface area contributed by atoms with E-state index in [1.54, 1.807) is 11.3 Å². The summed E-state index contributed by atoms with van der Waals surface area (Å²) in [5.74, 6) is 0.140. The standard InChI is InChI=1S/C14H17NO2S2/c16-19(17,11-8-13-4-2-1-3-5-13)15-9-6-14-7-10-18-12-14/h1-5,7,10,12,15H,6,8-9,11H2. The third kappa shape index (κ3) is 5.14. The van der Waals surface area contributed by atoms with Crippen molar-refractivity contribution in [1.82, 2.24) is 4.72 Å². The van der Waals surface area contributed by atoms with Gasteiger partial charge in [0.2, 0.25) is 10.0 Å². The van der Waals surface area contributed by atoms with Gasteiger partial charge in [0.25, 0.3) is 0 Å². The summed E-state index contributed by atoms with van der Waals surface area (Å²) >= 11 is 1.63. The molecule has 0 radical (unpaired) electrons. The van der Waals surface area contributed by atoms with Gasteiger partial charge >= 0.3 is 0 Å². The first-order valence-corrected chi connectivity index (χ1v) is 8.77. The second kappa shape index (κ2) is 6.84. The third-order valence-electron chi connectivity index (χ3n) is 2.82. The first-order valence-electron chi connectivity index (χ1n) is 6.18. The Balaban J connectivity index is 1.76. The Bertz CT molecular complexity index is 577. The van der Waals surface area contributed by atoms with Crippen molar-refractivity contribution in [2.75, 3.05) is 12.3 Å². The number of hydrogen-bond acceptors (Lipinski definition) is 3. The zero-order valence-corrected chi connectivity index (χ0v) is 12.2. The quantitative estimate of drug-likeness (QED) is 0.853. The highest BCUT2D eigenvalue weighted by Crippen LogP contribution is 2.06. The number of aryl methyl sites for hydroxylation is 1. The molecule has 0 aliphatic heterocycles. The molecule has 102 valence electrons. The summed E-state index contributed by atoms with van der Waals surface area (Å²) in [5, 5.41) is 4.04. The summed E-state index contributed by atoms with van der Waals surface area (Å²) in [6, 6.07) is 11.7. The van der Waals surface area contributed by atoms with Crippen molar-refractivity contribution in [3.63, 3.8) is 0 Å². The van der Waals surface area contributed by atoms with Crippen LogP contribution in [0.15, 0.2) is 47.2 Å². The molecule has 1 aromatic heterocycles. The highest BCUT2D eigenvalue weighted by Gasteiger charge is 2.09. The Morgan fingerprint density at radius 3 is 2.47 bits per heavy atom. The van der Waals surface area contributed by atoms with Crippen molar-refractivity contribution in [3.8, 4) is 0 Å². The van der Waals surface area contributed by atoms with Gasteiger partial charge in [-0.2, -0.15) is 11.3 Å². The number of hydrogen-bond donors (Lipinski definition) is 1. The molecule has 1 aromatic carbocycles. The monoisotopic (exact) mass is 295 g/mol. The van der Waals surface area contributed by atoms with E-state index in [0.717, 1.165) is 12.0 Å². The van der Waals surface area contributed by atoms with Crippen molar-refractivity contribution >= 4 is 21.4 Å². The minimum absolute atomic E-state index is 0.140. The number of nitrogens with one attached hydrogen (secondary N) is 1. The van der Waals surface area contributed by atoms with Crippen molar-refractivity contribution in [1.29, 1.82) is 0 Å². The number of benzene rings is 1. The van der Waals surface area contributed by atoms with Crippen molar-refractivity contribution in [3.05, 3.63) is 58.3 Å². The second-order valence-corrected chi connectivity index (χ2v) is 7.04. The second-order valence-electron chi connectivity index (χ2n) is 4.33. The average molecular weight is 295 g/mol. The summed E-state index contributed by atoms with van der Waals surface area (Å²) in [7, 11) is -3.18. The van der Waals surface area contributed by atoms with E-state index in [9.17, 15) is 8.42 Å². The Morgan fingerprint density at radius 2 is 1.79 bits per heavy atom. The Hall–Kier alpha value is -1.17. The maximum atomic E-state index is 11.8. The molecule has 3 nitrogen and oxygen atoms in total. The van der Waals surface area contributed by atoms with E-state index in [-0.39, 0.29) is 5.75 Å². The van der Waals surface area contributed by atoms with Crippen LogP contribution in [0.2, 0.25) is 0 Å². The molecule has 0 aliphatic rings. The van der Waals surface area contributed by atoms with Gasteiger partial charge in [-0.15, -0.1) is 0 Å². The fourth-order valence-corrected chi connectivity index (χ4v) is 3.52. The maximum Gasteiger partial charge on any atom is 0.211 e. The first-order chi connectivity index (χ1) is 9.16. The van der Waals surface area contributed by atoms with Gasteiger partial charge in [-0.3, -0.25) is 0 Å². The lowest BCUT2D eigenvalue weighted by atomic mass is 10.2. The largest absolute Gasteiger partial charge is 0.215 e. The average Bonchev–Trinajstić information content (AvgIpc) is 2.91. The fraction of sp³-hybridized carbons (Fsp3) is 0.286. The van der Waals surface area contributed by atoms with E-state index < -0.39 is 10.0 Å². The Morgan fingerprint density at radius 1 is 1.00 bits per heavy atom. The van der Waals surface area contributed by atoms with Crippen LogP contribution < -0.4 is 4.72 Å². The van der Waals surface area contributed by atoms with E-state index in [1.807, 2.05) is 47.2 Å². The molecule has 0 unspecified atom stereocenters. The molecule has 0 bridgehead atoms. The van der Waals surface area contributed by atoms with Gasteiger partial charge in [-0.25, -0.2) is 13.1 Å². The maximum absolute atomic E-state index is 11.8. The molecule has 1 heterocycles. The molecule has 5 heteroatoms. The molecule has 19 heavy (non-hydrogen) atoms. The molecule has 1 N–H and O–H groups in total. The van der Waals surface area contributed by atoms with Gasteiger partial charge in [-0.05, 0) is 40.8 Å². The highest BCUT2D eigenvalue weighted by molar-refractivity contribution is 7.89. The lowest BCUT2D eigenvalue weighted by molar-refractivity contribution is 0.581. The summed E-state index contributed by atoms with van der Waals surface area (Å²) in [6.45, 7) is 0.466. The summed E-state index contributed by atoms with van der Waals surface area (Å²) in [6.07, 6.45) is 1.29. The fourth-order valence-electron chi connectivity index (χ4n) is 1.75. The van der Waals surface area contributed by atoms with Gasteiger partial charge in [0.15, 0.2) is 0 Å². The van der Waals surface area contributed by atoms with Crippen molar-refractivity contribution in [2.24, 2.45) is 0 Å². The van der Waals surface area contributed by atoms with E-state index in [2.05, 4.69) is 4.72 Å².